The standard InChI is InChI=1S/C13H26N2/c1-4-10(2)8-15(3)9-11-7-12-5-6-13(11)14-12/h10-14H,4-9H2,1-3H3. The van der Waals surface area contributed by atoms with Crippen molar-refractivity contribution < 1.29 is 0 Å². The lowest BCUT2D eigenvalue weighted by atomic mass is 9.89. The second kappa shape index (κ2) is 4.84. The van der Waals surface area contributed by atoms with Crippen LogP contribution in [0.2, 0.25) is 0 Å². The average molecular weight is 210 g/mol. The van der Waals surface area contributed by atoms with Gasteiger partial charge in [-0.3, -0.25) is 0 Å². The maximum Gasteiger partial charge on any atom is 0.0111 e. The first-order valence-electron chi connectivity index (χ1n) is 6.63. The van der Waals surface area contributed by atoms with Crippen molar-refractivity contribution in [2.75, 3.05) is 20.1 Å². The minimum absolute atomic E-state index is 0.842. The van der Waals surface area contributed by atoms with Gasteiger partial charge in [0.15, 0.2) is 0 Å². The molecule has 0 aromatic carbocycles. The van der Waals surface area contributed by atoms with Crippen LogP contribution >= 0.6 is 0 Å². The van der Waals surface area contributed by atoms with Gasteiger partial charge >= 0.3 is 0 Å². The minimum atomic E-state index is 0.842. The first-order chi connectivity index (χ1) is 7.19. The highest BCUT2D eigenvalue weighted by molar-refractivity contribution is 4.98. The van der Waals surface area contributed by atoms with Crippen LogP contribution in [0.15, 0.2) is 0 Å². The summed E-state index contributed by atoms with van der Waals surface area (Å²) in [4.78, 5) is 2.54. The molecule has 4 atom stereocenters. The number of rotatable bonds is 5. The Bertz CT molecular complexity index is 205. The zero-order valence-electron chi connectivity index (χ0n) is 10.5. The molecule has 2 heteroatoms. The predicted octanol–water partition coefficient (Wildman–Crippen LogP) is 2.10. The van der Waals surface area contributed by atoms with Crippen LogP contribution in [0, 0.1) is 11.8 Å². The highest BCUT2D eigenvalue weighted by atomic mass is 15.1. The summed E-state index contributed by atoms with van der Waals surface area (Å²) in [5, 5.41) is 3.72. The lowest BCUT2D eigenvalue weighted by Gasteiger charge is -2.27. The van der Waals surface area contributed by atoms with Crippen LogP contribution in [0.4, 0.5) is 0 Å². The SMILES string of the molecule is CCC(C)CN(C)CC1CC2CCC1N2. The Labute approximate surface area is 94.4 Å². The Morgan fingerprint density at radius 2 is 2.20 bits per heavy atom. The van der Waals surface area contributed by atoms with Crippen molar-refractivity contribution in [1.82, 2.24) is 10.2 Å². The highest BCUT2D eigenvalue weighted by Gasteiger charge is 2.39. The molecule has 4 unspecified atom stereocenters. The molecule has 0 aromatic rings. The first-order valence-corrected chi connectivity index (χ1v) is 6.63. The number of hydrogen-bond donors (Lipinski definition) is 1. The average Bonchev–Trinajstić information content (AvgIpc) is 2.78. The molecule has 15 heavy (non-hydrogen) atoms. The lowest BCUT2D eigenvalue weighted by molar-refractivity contribution is 0.222. The molecule has 2 aliphatic rings. The van der Waals surface area contributed by atoms with Crippen LogP contribution in [0.5, 0.6) is 0 Å². The van der Waals surface area contributed by atoms with Gasteiger partial charge in [0.1, 0.15) is 0 Å². The van der Waals surface area contributed by atoms with Crippen molar-refractivity contribution in [2.45, 2.75) is 51.6 Å². The quantitative estimate of drug-likeness (QED) is 0.747. The van der Waals surface area contributed by atoms with Gasteiger partial charge in [-0.05, 0) is 38.1 Å². The Morgan fingerprint density at radius 1 is 1.40 bits per heavy atom. The van der Waals surface area contributed by atoms with Crippen molar-refractivity contribution >= 4 is 0 Å². The van der Waals surface area contributed by atoms with Crippen LogP contribution < -0.4 is 5.32 Å². The molecule has 2 rings (SSSR count). The summed E-state index contributed by atoms with van der Waals surface area (Å²) in [5.41, 5.74) is 0. The number of nitrogens with one attached hydrogen (secondary N) is 1. The van der Waals surface area contributed by atoms with Gasteiger partial charge in [0.05, 0.1) is 0 Å². The number of hydrogen-bond acceptors (Lipinski definition) is 2. The van der Waals surface area contributed by atoms with Gasteiger partial charge in [-0.1, -0.05) is 20.3 Å². The van der Waals surface area contributed by atoms with Crippen LogP contribution in [0.1, 0.15) is 39.5 Å². The summed E-state index contributed by atoms with van der Waals surface area (Å²) in [6, 6.07) is 1.70. The van der Waals surface area contributed by atoms with Crippen molar-refractivity contribution in [3.63, 3.8) is 0 Å². The molecular weight excluding hydrogens is 184 g/mol. The molecule has 88 valence electrons. The van der Waals surface area contributed by atoms with Gasteiger partial charge in [0.2, 0.25) is 0 Å². The van der Waals surface area contributed by atoms with Gasteiger partial charge in [-0.15, -0.1) is 0 Å². The zero-order chi connectivity index (χ0) is 10.8. The van der Waals surface area contributed by atoms with Crippen molar-refractivity contribution in [3.05, 3.63) is 0 Å². The van der Waals surface area contributed by atoms with Gasteiger partial charge in [0, 0.05) is 25.2 Å². The topological polar surface area (TPSA) is 15.3 Å². The van der Waals surface area contributed by atoms with Gasteiger partial charge < -0.3 is 10.2 Å². The Kier molecular flexibility index (Phi) is 3.68. The lowest BCUT2D eigenvalue weighted by Crippen LogP contribution is -2.35. The second-order valence-corrected chi connectivity index (χ2v) is 5.78. The summed E-state index contributed by atoms with van der Waals surface area (Å²) in [6.45, 7) is 7.22. The Balaban J connectivity index is 1.72. The minimum Gasteiger partial charge on any atom is -0.311 e. The smallest absolute Gasteiger partial charge is 0.0111 e. The van der Waals surface area contributed by atoms with Crippen molar-refractivity contribution in [3.8, 4) is 0 Å². The second-order valence-electron chi connectivity index (χ2n) is 5.78. The zero-order valence-corrected chi connectivity index (χ0v) is 10.5. The van der Waals surface area contributed by atoms with Gasteiger partial charge in [-0.25, -0.2) is 0 Å². The van der Waals surface area contributed by atoms with E-state index in [1.54, 1.807) is 0 Å². The molecule has 1 N–H and O–H groups in total. The highest BCUT2D eigenvalue weighted by Crippen LogP contribution is 2.33. The van der Waals surface area contributed by atoms with Gasteiger partial charge in [0.25, 0.3) is 0 Å². The van der Waals surface area contributed by atoms with E-state index in [0.717, 1.165) is 23.9 Å². The third-order valence-electron chi connectivity index (χ3n) is 4.30. The normalized spacial score (nSPS) is 36.4. The molecule has 2 bridgehead atoms. The summed E-state index contributed by atoms with van der Waals surface area (Å²) in [5.74, 6) is 1.78. The van der Waals surface area contributed by atoms with E-state index in [-0.39, 0.29) is 0 Å². The van der Waals surface area contributed by atoms with E-state index in [2.05, 4.69) is 31.1 Å². The van der Waals surface area contributed by atoms with E-state index in [4.69, 9.17) is 0 Å². The number of fused-ring (bicyclic) bond motifs is 2. The van der Waals surface area contributed by atoms with E-state index in [9.17, 15) is 0 Å². The molecular formula is C13H26N2. The van der Waals surface area contributed by atoms with Crippen LogP contribution in [0.3, 0.4) is 0 Å². The van der Waals surface area contributed by atoms with E-state index in [1.807, 2.05) is 0 Å². The molecule has 0 spiro atoms. The molecule has 2 aliphatic heterocycles. The predicted molar refractivity (Wildman–Crippen MR) is 65.0 cm³/mol. The third-order valence-corrected chi connectivity index (χ3v) is 4.30. The van der Waals surface area contributed by atoms with Crippen LogP contribution in [-0.4, -0.2) is 37.1 Å². The molecule has 2 nitrogen and oxygen atoms in total. The Hall–Kier alpha value is -0.0800. The van der Waals surface area contributed by atoms with Crippen molar-refractivity contribution in [1.29, 1.82) is 0 Å². The van der Waals surface area contributed by atoms with Crippen LogP contribution in [-0.2, 0) is 0 Å². The number of nitrogens with zero attached hydrogens (tertiary/aromatic N) is 1. The molecule has 0 aromatic heterocycles. The molecule has 0 saturated carbocycles. The summed E-state index contributed by atoms with van der Waals surface area (Å²) < 4.78 is 0. The van der Waals surface area contributed by atoms with Gasteiger partial charge in [-0.2, -0.15) is 0 Å². The molecule has 2 heterocycles. The fourth-order valence-electron chi connectivity index (χ4n) is 3.28. The monoisotopic (exact) mass is 210 g/mol. The third kappa shape index (κ3) is 2.73. The summed E-state index contributed by atoms with van der Waals surface area (Å²) >= 11 is 0. The maximum absolute atomic E-state index is 3.72. The molecule has 0 aliphatic carbocycles. The van der Waals surface area contributed by atoms with E-state index >= 15 is 0 Å². The van der Waals surface area contributed by atoms with Crippen LogP contribution in [0.25, 0.3) is 0 Å². The summed E-state index contributed by atoms with van der Waals surface area (Å²) in [6.07, 6.45) is 5.58. The molecule has 2 fully saturated rings. The molecule has 0 amide bonds. The fraction of sp³-hybridized carbons (Fsp3) is 1.00. The Morgan fingerprint density at radius 3 is 2.73 bits per heavy atom. The van der Waals surface area contributed by atoms with E-state index in [1.165, 1.54) is 38.8 Å². The fourth-order valence-corrected chi connectivity index (χ4v) is 3.28. The van der Waals surface area contributed by atoms with E-state index < -0.39 is 0 Å². The first kappa shape index (κ1) is 11.4. The largest absolute Gasteiger partial charge is 0.311 e. The molecule has 2 saturated heterocycles. The van der Waals surface area contributed by atoms with E-state index in [0.29, 0.717) is 0 Å². The molecule has 0 radical (unpaired) electrons. The maximum atomic E-state index is 3.72. The van der Waals surface area contributed by atoms with Crippen molar-refractivity contribution in [2.24, 2.45) is 11.8 Å². The summed E-state index contributed by atoms with van der Waals surface area (Å²) in [7, 11) is 2.29.